The Morgan fingerprint density at radius 1 is 1.13 bits per heavy atom. The van der Waals surface area contributed by atoms with Gasteiger partial charge in [0.2, 0.25) is 0 Å². The Bertz CT molecular complexity index is 1500. The van der Waals surface area contributed by atoms with Gasteiger partial charge in [0.25, 0.3) is 5.91 Å². The summed E-state index contributed by atoms with van der Waals surface area (Å²) in [5.41, 5.74) is 2.81. The summed E-state index contributed by atoms with van der Waals surface area (Å²) in [5, 5.41) is 10.3. The molecular weight excluding hydrogens is 512 g/mol. The van der Waals surface area contributed by atoms with Gasteiger partial charge in [-0.15, -0.1) is 0 Å². The minimum absolute atomic E-state index is 0.0217. The molecule has 8 nitrogen and oxygen atoms in total. The number of hydrogen-bond acceptors (Lipinski definition) is 6. The van der Waals surface area contributed by atoms with E-state index in [2.05, 4.69) is 51.1 Å². The van der Waals surface area contributed by atoms with Gasteiger partial charge < -0.3 is 10.0 Å². The smallest absolute Gasteiger partial charge is 0.273 e. The molecule has 204 valence electrons. The van der Waals surface area contributed by atoms with Crippen molar-refractivity contribution in [1.29, 1.82) is 0 Å². The number of nitrogens with zero attached hydrogens (tertiary/aromatic N) is 6. The lowest BCUT2D eigenvalue weighted by molar-refractivity contribution is 0.00562. The lowest BCUT2D eigenvalue weighted by Gasteiger charge is -2.48. The number of imidazole rings is 1. The topological polar surface area (TPSA) is 86.3 Å². The van der Waals surface area contributed by atoms with E-state index in [0.717, 1.165) is 17.1 Å². The van der Waals surface area contributed by atoms with E-state index in [1.165, 1.54) is 0 Å². The maximum Gasteiger partial charge on any atom is 0.273 e. The normalized spacial score (nSPS) is 19.8. The van der Waals surface area contributed by atoms with Crippen LogP contribution in [0.3, 0.4) is 0 Å². The molecule has 1 unspecified atom stereocenters. The quantitative estimate of drug-likeness (QED) is 0.425. The highest BCUT2D eigenvalue weighted by Crippen LogP contribution is 2.32. The minimum atomic E-state index is -0.426. The third kappa shape index (κ3) is 5.23. The SMILES string of the molecule is C=C(O)C1=CCC(N2CCN(C(=O)c3ccn4c(-c5ccc(Cl)cc5)nc(C(C)(C)C)c4n3)C(C)(C)C2)N=C1. The molecule has 39 heavy (non-hydrogen) atoms. The largest absolute Gasteiger partial charge is 0.508 e. The molecule has 2 aliphatic rings. The molecule has 0 bridgehead atoms. The van der Waals surface area contributed by atoms with Gasteiger partial charge in [-0.3, -0.25) is 19.1 Å². The number of aliphatic hydroxyl groups is 1. The van der Waals surface area contributed by atoms with Gasteiger partial charge in [-0.2, -0.15) is 0 Å². The molecule has 1 atom stereocenters. The van der Waals surface area contributed by atoms with E-state index in [1.54, 1.807) is 12.3 Å². The molecule has 0 spiro atoms. The average molecular weight is 547 g/mol. The Hall–Kier alpha value is -3.49. The molecule has 1 fully saturated rings. The second-order valence-corrected chi connectivity index (χ2v) is 12.3. The van der Waals surface area contributed by atoms with Gasteiger partial charge in [0.05, 0.1) is 11.2 Å². The molecule has 4 heterocycles. The summed E-state index contributed by atoms with van der Waals surface area (Å²) < 4.78 is 1.95. The van der Waals surface area contributed by atoms with E-state index < -0.39 is 5.54 Å². The predicted molar refractivity (Wildman–Crippen MR) is 156 cm³/mol. The van der Waals surface area contributed by atoms with E-state index in [9.17, 15) is 9.90 Å². The van der Waals surface area contributed by atoms with Crippen molar-refractivity contribution in [1.82, 2.24) is 24.2 Å². The zero-order valence-electron chi connectivity index (χ0n) is 23.1. The number of allylic oxidation sites excluding steroid dienone is 1. The summed E-state index contributed by atoms with van der Waals surface area (Å²) >= 11 is 6.11. The first-order chi connectivity index (χ1) is 18.3. The van der Waals surface area contributed by atoms with Crippen molar-refractivity contribution in [3.05, 3.63) is 76.9 Å². The molecule has 3 aromatic rings. The fourth-order valence-corrected chi connectivity index (χ4v) is 5.43. The number of carbonyl (C=O) groups excluding carboxylic acids is 1. The van der Waals surface area contributed by atoms with Gasteiger partial charge in [-0.05, 0) is 44.2 Å². The van der Waals surface area contributed by atoms with Crippen molar-refractivity contribution in [3.63, 3.8) is 0 Å². The number of hydrogen-bond donors (Lipinski definition) is 1. The third-order valence-corrected chi connectivity index (χ3v) is 7.64. The highest BCUT2D eigenvalue weighted by atomic mass is 35.5. The molecule has 1 N–H and O–H groups in total. The predicted octanol–water partition coefficient (Wildman–Crippen LogP) is 5.68. The van der Waals surface area contributed by atoms with E-state index in [0.29, 0.717) is 48.0 Å². The lowest BCUT2D eigenvalue weighted by atomic mass is 9.92. The van der Waals surface area contributed by atoms with Gasteiger partial charge >= 0.3 is 0 Å². The Labute approximate surface area is 234 Å². The zero-order valence-corrected chi connectivity index (χ0v) is 23.9. The molecule has 1 saturated heterocycles. The van der Waals surface area contributed by atoms with Crippen molar-refractivity contribution >= 4 is 29.4 Å². The van der Waals surface area contributed by atoms with E-state index in [-0.39, 0.29) is 23.2 Å². The number of benzene rings is 1. The van der Waals surface area contributed by atoms with Crippen molar-refractivity contribution in [2.45, 2.75) is 58.2 Å². The Morgan fingerprint density at radius 2 is 1.85 bits per heavy atom. The number of aliphatic hydroxyl groups excluding tert-OH is 1. The van der Waals surface area contributed by atoms with Crippen LogP contribution in [0.25, 0.3) is 17.0 Å². The van der Waals surface area contributed by atoms with Crippen LogP contribution in [0.15, 0.2) is 65.5 Å². The summed E-state index contributed by atoms with van der Waals surface area (Å²) in [6.45, 7) is 16.0. The molecule has 1 aromatic carbocycles. The van der Waals surface area contributed by atoms with E-state index >= 15 is 0 Å². The van der Waals surface area contributed by atoms with Crippen LogP contribution < -0.4 is 0 Å². The number of aromatic nitrogens is 3. The third-order valence-electron chi connectivity index (χ3n) is 7.39. The van der Waals surface area contributed by atoms with Crippen LogP contribution in [0.2, 0.25) is 5.02 Å². The highest BCUT2D eigenvalue weighted by molar-refractivity contribution is 6.30. The van der Waals surface area contributed by atoms with Gasteiger partial charge in [-0.25, -0.2) is 9.97 Å². The van der Waals surface area contributed by atoms with Crippen LogP contribution in [0.1, 0.15) is 57.2 Å². The number of dihydropyridines is 1. The van der Waals surface area contributed by atoms with E-state index in [1.807, 2.05) is 45.8 Å². The first-order valence-electron chi connectivity index (χ1n) is 13.2. The van der Waals surface area contributed by atoms with Gasteiger partial charge in [0.1, 0.15) is 23.4 Å². The summed E-state index contributed by atoms with van der Waals surface area (Å²) in [7, 11) is 0. The number of aliphatic imine (C=N–C) groups is 1. The minimum Gasteiger partial charge on any atom is -0.508 e. The molecular formula is C30H35ClN6O2. The first-order valence-corrected chi connectivity index (χ1v) is 13.6. The molecule has 0 saturated carbocycles. The summed E-state index contributed by atoms with van der Waals surface area (Å²) in [5.74, 6) is 0.703. The van der Waals surface area contributed by atoms with Crippen LogP contribution in [-0.2, 0) is 5.41 Å². The Balaban J connectivity index is 1.42. The molecule has 0 aliphatic carbocycles. The van der Waals surface area contributed by atoms with Crippen LogP contribution >= 0.6 is 11.6 Å². The monoisotopic (exact) mass is 546 g/mol. The lowest BCUT2D eigenvalue weighted by Crippen LogP contribution is -2.62. The molecule has 5 rings (SSSR count). The zero-order chi connectivity index (χ0) is 28.1. The number of amides is 1. The van der Waals surface area contributed by atoms with Crippen molar-refractivity contribution < 1.29 is 9.90 Å². The Morgan fingerprint density at radius 3 is 2.44 bits per heavy atom. The summed E-state index contributed by atoms with van der Waals surface area (Å²) in [6.07, 6.45) is 6.20. The maximum absolute atomic E-state index is 13.9. The molecule has 1 amide bonds. The number of piperazine rings is 1. The number of rotatable bonds is 4. The fraction of sp³-hybridized carbons (Fsp3) is 0.400. The first kappa shape index (κ1) is 27.1. The standard InChI is InChI=1S/C30H35ClN6O2/c1-19(38)21-9-12-24(32-17-21)35-15-16-37(30(5,6)18-35)28(39)23-13-14-36-26(20-7-10-22(31)11-8-20)34-25(27(36)33-23)29(2,3)4/h7-11,13-14,17,24,38H,1,12,15-16,18H2,2-6H3. The maximum atomic E-state index is 13.9. The summed E-state index contributed by atoms with van der Waals surface area (Å²) in [6, 6.07) is 9.36. The molecule has 9 heteroatoms. The van der Waals surface area contributed by atoms with Crippen LogP contribution in [-0.4, -0.2) is 72.7 Å². The number of carbonyl (C=O) groups is 1. The summed E-state index contributed by atoms with van der Waals surface area (Å²) in [4.78, 5) is 32.5. The van der Waals surface area contributed by atoms with Crippen molar-refractivity contribution in [2.75, 3.05) is 19.6 Å². The number of halogens is 1. The molecule has 2 aliphatic heterocycles. The molecule has 2 aromatic heterocycles. The second kappa shape index (κ2) is 9.92. The van der Waals surface area contributed by atoms with Gasteiger partial charge in [-0.1, -0.05) is 45.0 Å². The van der Waals surface area contributed by atoms with Crippen molar-refractivity contribution in [3.8, 4) is 11.4 Å². The van der Waals surface area contributed by atoms with E-state index in [4.69, 9.17) is 21.6 Å². The van der Waals surface area contributed by atoms with Gasteiger partial charge in [0, 0.05) is 60.0 Å². The fourth-order valence-electron chi connectivity index (χ4n) is 5.30. The number of fused-ring (bicyclic) bond motifs is 1. The van der Waals surface area contributed by atoms with Crippen LogP contribution in [0.5, 0.6) is 0 Å². The second-order valence-electron chi connectivity index (χ2n) is 11.9. The van der Waals surface area contributed by atoms with Crippen LogP contribution in [0, 0.1) is 0 Å². The van der Waals surface area contributed by atoms with Gasteiger partial charge in [0.15, 0.2) is 5.65 Å². The average Bonchev–Trinajstić information content (AvgIpc) is 3.28. The molecule has 0 radical (unpaired) electrons. The Kier molecular flexibility index (Phi) is 6.89. The van der Waals surface area contributed by atoms with Crippen LogP contribution in [0.4, 0.5) is 0 Å². The van der Waals surface area contributed by atoms with Crippen molar-refractivity contribution in [2.24, 2.45) is 4.99 Å². The highest BCUT2D eigenvalue weighted by Gasteiger charge is 2.40.